The van der Waals surface area contributed by atoms with Crippen LogP contribution in [0.15, 0.2) is 90.0 Å². The molecule has 1 amide bonds. The summed E-state index contributed by atoms with van der Waals surface area (Å²) < 4.78 is 28.6. The van der Waals surface area contributed by atoms with Crippen LogP contribution in [0.2, 0.25) is 0 Å². The Kier molecular flexibility index (Phi) is 6.11. The van der Waals surface area contributed by atoms with Crippen molar-refractivity contribution in [3.05, 3.63) is 96.2 Å². The number of benzene rings is 3. The number of nitrogens with one attached hydrogen (secondary N) is 1. The van der Waals surface area contributed by atoms with Crippen LogP contribution in [0.1, 0.15) is 28.8 Å². The van der Waals surface area contributed by atoms with E-state index in [9.17, 15) is 23.4 Å². The van der Waals surface area contributed by atoms with Crippen LogP contribution in [0.25, 0.3) is 10.9 Å². The van der Waals surface area contributed by atoms with Crippen molar-refractivity contribution in [1.82, 2.24) is 9.88 Å². The fourth-order valence-electron chi connectivity index (χ4n) is 4.58. The molecule has 2 heterocycles. The highest BCUT2D eigenvalue weighted by Gasteiger charge is 2.37. The van der Waals surface area contributed by atoms with Gasteiger partial charge in [0.2, 0.25) is 0 Å². The lowest BCUT2D eigenvalue weighted by Crippen LogP contribution is -2.45. The van der Waals surface area contributed by atoms with Gasteiger partial charge in [0.15, 0.2) is 0 Å². The topological polar surface area (TPSA) is 120 Å². The minimum atomic E-state index is -3.89. The van der Waals surface area contributed by atoms with Gasteiger partial charge in [0.25, 0.3) is 15.9 Å². The lowest BCUT2D eigenvalue weighted by atomic mass is 9.84. The largest absolute Gasteiger partial charge is 0.508 e. The lowest BCUT2D eigenvalue weighted by molar-refractivity contribution is -0.0225. The molecule has 9 heteroatoms. The van der Waals surface area contributed by atoms with E-state index >= 15 is 0 Å². The second kappa shape index (κ2) is 9.25. The van der Waals surface area contributed by atoms with E-state index < -0.39 is 15.6 Å². The summed E-state index contributed by atoms with van der Waals surface area (Å²) in [4.78, 5) is 19.0. The molecule has 1 aliphatic rings. The quantitative estimate of drug-likeness (QED) is 0.380. The average molecular weight is 504 g/mol. The number of hydrogen-bond acceptors (Lipinski definition) is 6. The fraction of sp³-hybridized carbons (Fsp3) is 0.185. The summed E-state index contributed by atoms with van der Waals surface area (Å²) in [5.41, 5.74) is 0.397. The maximum absolute atomic E-state index is 13.0. The molecule has 0 spiro atoms. The third-order valence-electron chi connectivity index (χ3n) is 6.55. The molecule has 184 valence electrons. The molecule has 4 aromatic rings. The van der Waals surface area contributed by atoms with E-state index in [0.717, 1.165) is 5.39 Å². The zero-order valence-corrected chi connectivity index (χ0v) is 20.1. The number of aromatic hydroxyl groups is 1. The number of aromatic nitrogens is 1. The molecule has 0 unspecified atom stereocenters. The summed E-state index contributed by atoms with van der Waals surface area (Å²) in [5, 5.41) is 21.9. The van der Waals surface area contributed by atoms with Crippen molar-refractivity contribution in [1.29, 1.82) is 0 Å². The average Bonchev–Trinajstić information content (AvgIpc) is 2.89. The molecule has 0 aliphatic carbocycles. The van der Waals surface area contributed by atoms with Crippen LogP contribution < -0.4 is 4.72 Å². The highest BCUT2D eigenvalue weighted by Crippen LogP contribution is 2.37. The minimum Gasteiger partial charge on any atom is -0.508 e. The zero-order valence-electron chi connectivity index (χ0n) is 19.3. The van der Waals surface area contributed by atoms with Gasteiger partial charge in [-0.25, -0.2) is 8.42 Å². The van der Waals surface area contributed by atoms with Gasteiger partial charge in [0.05, 0.1) is 11.1 Å². The Bertz CT molecular complexity index is 1520. The zero-order chi connectivity index (χ0) is 25.3. The Morgan fingerprint density at radius 1 is 0.917 bits per heavy atom. The van der Waals surface area contributed by atoms with Gasteiger partial charge in [0, 0.05) is 41.5 Å². The Hall–Kier alpha value is -3.95. The van der Waals surface area contributed by atoms with Crippen LogP contribution >= 0.6 is 0 Å². The van der Waals surface area contributed by atoms with Gasteiger partial charge in [-0.3, -0.25) is 14.5 Å². The lowest BCUT2D eigenvalue weighted by Gasteiger charge is -2.38. The molecule has 36 heavy (non-hydrogen) atoms. The number of rotatable bonds is 5. The predicted molar refractivity (Wildman–Crippen MR) is 136 cm³/mol. The van der Waals surface area contributed by atoms with Crippen LogP contribution in [-0.4, -0.2) is 47.5 Å². The maximum Gasteiger partial charge on any atom is 0.264 e. The molecule has 1 aliphatic heterocycles. The van der Waals surface area contributed by atoms with Crippen molar-refractivity contribution in [2.24, 2.45) is 0 Å². The van der Waals surface area contributed by atoms with Crippen molar-refractivity contribution in [2.45, 2.75) is 23.3 Å². The number of sulfonamides is 1. The van der Waals surface area contributed by atoms with Gasteiger partial charge >= 0.3 is 0 Å². The van der Waals surface area contributed by atoms with E-state index in [-0.39, 0.29) is 16.6 Å². The molecule has 1 fully saturated rings. The van der Waals surface area contributed by atoms with E-state index in [1.807, 2.05) is 0 Å². The number of aliphatic hydroxyl groups is 1. The van der Waals surface area contributed by atoms with Gasteiger partial charge in [-0.05, 0) is 55.3 Å². The smallest absolute Gasteiger partial charge is 0.264 e. The van der Waals surface area contributed by atoms with E-state index in [4.69, 9.17) is 0 Å². The van der Waals surface area contributed by atoms with Crippen LogP contribution in [0.5, 0.6) is 5.75 Å². The number of para-hydroxylation sites is 2. The number of phenolic OH excluding ortho intramolecular Hbond substituents is 1. The first kappa shape index (κ1) is 23.8. The van der Waals surface area contributed by atoms with Crippen LogP contribution in [0.3, 0.4) is 0 Å². The number of amides is 1. The van der Waals surface area contributed by atoms with Crippen LogP contribution in [-0.2, 0) is 15.6 Å². The Morgan fingerprint density at radius 2 is 1.61 bits per heavy atom. The number of carbonyl (C=O) groups is 1. The molecule has 1 aromatic heterocycles. The van der Waals surface area contributed by atoms with Gasteiger partial charge in [-0.15, -0.1) is 0 Å². The number of phenols is 1. The summed E-state index contributed by atoms with van der Waals surface area (Å²) in [6, 6.07) is 21.4. The molecular weight excluding hydrogens is 478 g/mol. The second-order valence-corrected chi connectivity index (χ2v) is 10.5. The van der Waals surface area contributed by atoms with Crippen molar-refractivity contribution in [2.75, 3.05) is 17.8 Å². The van der Waals surface area contributed by atoms with Crippen LogP contribution in [0.4, 0.5) is 5.69 Å². The number of carbonyl (C=O) groups excluding carboxylic acids is 1. The normalized spacial score (nSPS) is 15.5. The molecule has 8 nitrogen and oxygen atoms in total. The molecule has 3 aromatic carbocycles. The molecule has 1 saturated heterocycles. The fourth-order valence-corrected chi connectivity index (χ4v) is 5.82. The Morgan fingerprint density at radius 3 is 2.33 bits per heavy atom. The van der Waals surface area contributed by atoms with E-state index in [1.54, 1.807) is 77.8 Å². The van der Waals surface area contributed by atoms with Crippen LogP contribution in [0, 0.1) is 0 Å². The van der Waals surface area contributed by atoms with E-state index in [2.05, 4.69) is 9.71 Å². The number of likely N-dealkylation sites (tertiary alicyclic amines) is 1. The highest BCUT2D eigenvalue weighted by molar-refractivity contribution is 7.93. The third-order valence-corrected chi connectivity index (χ3v) is 7.97. The summed E-state index contributed by atoms with van der Waals surface area (Å²) in [6.45, 7) is 0.651. The predicted octanol–water partition coefficient (Wildman–Crippen LogP) is 3.87. The van der Waals surface area contributed by atoms with Gasteiger partial charge in [-0.1, -0.05) is 36.4 Å². The summed E-state index contributed by atoms with van der Waals surface area (Å²) in [6.07, 6.45) is 2.15. The van der Waals surface area contributed by atoms with Crippen molar-refractivity contribution in [3.63, 3.8) is 0 Å². The number of nitrogens with zero attached hydrogens (tertiary/aromatic N) is 2. The summed E-state index contributed by atoms with van der Waals surface area (Å²) in [7, 11) is -3.89. The van der Waals surface area contributed by atoms with Gasteiger partial charge in [-0.2, -0.15) is 0 Å². The molecule has 3 N–H and O–H groups in total. The van der Waals surface area contributed by atoms with Crippen molar-refractivity contribution >= 4 is 32.5 Å². The summed E-state index contributed by atoms with van der Waals surface area (Å²) in [5.74, 6) is -0.168. The SMILES string of the molecule is O=C(c1ccc(NS(=O)(=O)c2cccc3cccnc23)cc1)N1CCC(O)(c2ccccc2O)CC1. The molecule has 0 atom stereocenters. The molecule has 0 radical (unpaired) electrons. The van der Waals surface area contributed by atoms with Crippen molar-refractivity contribution < 1.29 is 23.4 Å². The van der Waals surface area contributed by atoms with Gasteiger partial charge < -0.3 is 15.1 Å². The first-order chi connectivity index (χ1) is 17.3. The number of hydrogen-bond donors (Lipinski definition) is 3. The molecule has 0 saturated carbocycles. The molecule has 0 bridgehead atoms. The summed E-state index contributed by atoms with van der Waals surface area (Å²) >= 11 is 0. The minimum absolute atomic E-state index is 0.0390. The maximum atomic E-state index is 13.0. The number of piperidine rings is 1. The standard InChI is InChI=1S/C27H25N3O5S/c31-23-8-2-1-7-22(23)27(33)14-17-30(18-15-27)26(32)20-10-12-21(13-11-20)29-36(34,35)24-9-3-5-19-6-4-16-28-25(19)24/h1-13,16,29,31,33H,14-15,17-18H2. The third kappa shape index (κ3) is 4.50. The molecular formula is C27H25N3O5S. The monoisotopic (exact) mass is 503 g/mol. The second-order valence-electron chi connectivity index (χ2n) is 8.86. The van der Waals surface area contributed by atoms with E-state index in [0.29, 0.717) is 48.3 Å². The first-order valence-electron chi connectivity index (χ1n) is 11.5. The number of fused-ring (bicyclic) bond motifs is 1. The van der Waals surface area contributed by atoms with Gasteiger partial charge in [0.1, 0.15) is 10.6 Å². The highest BCUT2D eigenvalue weighted by atomic mass is 32.2. The van der Waals surface area contributed by atoms with E-state index in [1.165, 1.54) is 12.1 Å². The molecule has 5 rings (SSSR count). The first-order valence-corrected chi connectivity index (χ1v) is 13.0. The van der Waals surface area contributed by atoms with Crippen molar-refractivity contribution in [3.8, 4) is 5.75 Å². The number of anilines is 1. The number of pyridine rings is 1. The Balaban J connectivity index is 1.27. The Labute approximate surface area is 208 Å².